The molecule has 1 atom stereocenters. The molecule has 1 aliphatic rings. The van der Waals surface area contributed by atoms with Gasteiger partial charge in [-0.2, -0.15) is 0 Å². The lowest BCUT2D eigenvalue weighted by molar-refractivity contribution is -0.123. The molecule has 2 aromatic carbocycles. The maximum Gasteiger partial charge on any atom is 0.294 e. The number of ether oxygens (including phenoxy) is 1. The number of anilines is 1. The van der Waals surface area contributed by atoms with E-state index in [1.807, 2.05) is 36.4 Å². The fourth-order valence-electron chi connectivity index (χ4n) is 3.73. The molecule has 0 fully saturated rings. The van der Waals surface area contributed by atoms with Gasteiger partial charge in [-0.05, 0) is 40.8 Å². The third-order valence-electron chi connectivity index (χ3n) is 5.58. The predicted molar refractivity (Wildman–Crippen MR) is 122 cm³/mol. The summed E-state index contributed by atoms with van der Waals surface area (Å²) in [7, 11) is 1.58. The SMILES string of the molecule is COc1ccc(C2C(C(=O)C(C)(C)C)=C(O)C(=O)N2c2ccc(C(C)(C)C)cc2)cc1. The molecule has 0 aromatic heterocycles. The number of nitrogens with zero attached hydrogens (tertiary/aromatic N) is 1. The molecule has 5 nitrogen and oxygen atoms in total. The number of amides is 1. The Bertz CT molecular complexity index is 1020. The maximum atomic E-state index is 13.3. The van der Waals surface area contributed by atoms with E-state index in [9.17, 15) is 14.7 Å². The van der Waals surface area contributed by atoms with Gasteiger partial charge in [0.05, 0.1) is 18.7 Å². The molecule has 1 heterocycles. The van der Waals surface area contributed by atoms with E-state index in [2.05, 4.69) is 20.8 Å². The van der Waals surface area contributed by atoms with Crippen LogP contribution in [0.15, 0.2) is 59.9 Å². The van der Waals surface area contributed by atoms with Crippen molar-refractivity contribution in [3.05, 3.63) is 71.0 Å². The lowest BCUT2D eigenvalue weighted by atomic mass is 9.82. The second-order valence-electron chi connectivity index (χ2n) is 9.99. The van der Waals surface area contributed by atoms with Gasteiger partial charge in [-0.25, -0.2) is 0 Å². The summed E-state index contributed by atoms with van der Waals surface area (Å²) in [6.07, 6.45) is 0. The summed E-state index contributed by atoms with van der Waals surface area (Å²) in [6.45, 7) is 11.7. The van der Waals surface area contributed by atoms with Crippen molar-refractivity contribution < 1.29 is 19.4 Å². The molecule has 1 aliphatic heterocycles. The van der Waals surface area contributed by atoms with Gasteiger partial charge >= 0.3 is 0 Å². The highest BCUT2D eigenvalue weighted by atomic mass is 16.5. The van der Waals surface area contributed by atoms with Gasteiger partial charge in [0.1, 0.15) is 5.75 Å². The second kappa shape index (κ2) is 7.88. The number of rotatable bonds is 4. The fraction of sp³-hybridized carbons (Fsp3) is 0.385. The summed E-state index contributed by atoms with van der Waals surface area (Å²) in [5, 5.41) is 10.8. The molecule has 1 unspecified atom stereocenters. The van der Waals surface area contributed by atoms with E-state index >= 15 is 0 Å². The molecule has 164 valence electrons. The molecule has 31 heavy (non-hydrogen) atoms. The Morgan fingerprint density at radius 3 is 1.94 bits per heavy atom. The highest BCUT2D eigenvalue weighted by Crippen LogP contribution is 2.44. The summed E-state index contributed by atoms with van der Waals surface area (Å²) < 4.78 is 5.25. The van der Waals surface area contributed by atoms with Crippen molar-refractivity contribution in [2.75, 3.05) is 12.0 Å². The molecular formula is C26H31NO4. The van der Waals surface area contributed by atoms with Crippen molar-refractivity contribution in [1.82, 2.24) is 0 Å². The van der Waals surface area contributed by atoms with Crippen molar-refractivity contribution in [2.24, 2.45) is 5.41 Å². The molecule has 0 spiro atoms. The zero-order valence-electron chi connectivity index (χ0n) is 19.3. The third-order valence-corrected chi connectivity index (χ3v) is 5.58. The Balaban J connectivity index is 2.15. The van der Waals surface area contributed by atoms with E-state index < -0.39 is 23.1 Å². The first-order valence-electron chi connectivity index (χ1n) is 10.4. The average Bonchev–Trinajstić information content (AvgIpc) is 2.97. The largest absolute Gasteiger partial charge is 0.503 e. The van der Waals surface area contributed by atoms with Gasteiger partial charge in [0.2, 0.25) is 0 Å². The van der Waals surface area contributed by atoms with Crippen LogP contribution < -0.4 is 9.64 Å². The summed E-state index contributed by atoms with van der Waals surface area (Å²) in [6, 6.07) is 14.2. The molecule has 1 N–H and O–H groups in total. The standard InChI is InChI=1S/C26H31NO4/c1-25(2,3)17-10-12-18(13-11-17)27-21(16-8-14-19(31-7)15-9-16)20(22(28)24(27)30)23(29)26(4,5)6/h8-15,21,28H,1-7H3. The third kappa shape index (κ3) is 4.22. The maximum absolute atomic E-state index is 13.3. The monoisotopic (exact) mass is 421 g/mol. The second-order valence-corrected chi connectivity index (χ2v) is 9.99. The number of ketones is 1. The van der Waals surface area contributed by atoms with Gasteiger partial charge in [0.15, 0.2) is 11.5 Å². The Labute approximate surface area is 184 Å². The van der Waals surface area contributed by atoms with E-state index in [1.54, 1.807) is 40.0 Å². The average molecular weight is 422 g/mol. The number of Topliss-reactive ketones (excluding diaryl/α,β-unsaturated/α-hetero) is 1. The van der Waals surface area contributed by atoms with Crippen molar-refractivity contribution in [2.45, 2.75) is 53.0 Å². The van der Waals surface area contributed by atoms with Crippen LogP contribution in [0.2, 0.25) is 0 Å². The predicted octanol–water partition coefficient (Wildman–Crippen LogP) is 5.51. The first-order valence-corrected chi connectivity index (χ1v) is 10.4. The Hall–Kier alpha value is -3.08. The van der Waals surface area contributed by atoms with E-state index in [-0.39, 0.29) is 16.8 Å². The number of carbonyl (C=O) groups excluding carboxylic acids is 2. The van der Waals surface area contributed by atoms with Gasteiger partial charge in [-0.3, -0.25) is 14.5 Å². The smallest absolute Gasteiger partial charge is 0.294 e. The number of benzene rings is 2. The van der Waals surface area contributed by atoms with E-state index in [4.69, 9.17) is 4.74 Å². The van der Waals surface area contributed by atoms with Crippen LogP contribution in [0.4, 0.5) is 5.69 Å². The number of carbonyl (C=O) groups is 2. The molecule has 0 saturated carbocycles. The molecule has 0 aliphatic carbocycles. The van der Waals surface area contributed by atoms with E-state index in [0.717, 1.165) is 11.1 Å². The van der Waals surface area contributed by atoms with Gasteiger partial charge in [-0.1, -0.05) is 65.8 Å². The normalized spacial score (nSPS) is 17.3. The molecule has 2 aromatic rings. The first kappa shape index (κ1) is 22.6. The number of hydrogen-bond donors (Lipinski definition) is 1. The Kier molecular flexibility index (Phi) is 5.74. The molecule has 1 amide bonds. The van der Waals surface area contributed by atoms with Crippen LogP contribution in [-0.2, 0) is 15.0 Å². The van der Waals surface area contributed by atoms with Crippen molar-refractivity contribution >= 4 is 17.4 Å². The molecule has 0 radical (unpaired) electrons. The van der Waals surface area contributed by atoms with E-state index in [1.165, 1.54) is 4.90 Å². The van der Waals surface area contributed by atoms with Crippen molar-refractivity contribution in [3.63, 3.8) is 0 Å². The number of methoxy groups -OCH3 is 1. The molecular weight excluding hydrogens is 390 g/mol. The highest BCUT2D eigenvalue weighted by Gasteiger charge is 2.46. The number of hydrogen-bond acceptors (Lipinski definition) is 4. The summed E-state index contributed by atoms with van der Waals surface area (Å²) in [5.74, 6) is -0.642. The van der Waals surface area contributed by atoms with Gasteiger partial charge in [0.25, 0.3) is 5.91 Å². The van der Waals surface area contributed by atoms with E-state index in [0.29, 0.717) is 11.4 Å². The van der Waals surface area contributed by atoms with Crippen LogP contribution in [-0.4, -0.2) is 23.9 Å². The minimum Gasteiger partial charge on any atom is -0.503 e. The quantitative estimate of drug-likeness (QED) is 0.707. The minimum absolute atomic E-state index is 0.0311. The van der Waals surface area contributed by atoms with Crippen LogP contribution in [0.5, 0.6) is 5.75 Å². The van der Waals surface area contributed by atoms with Crippen molar-refractivity contribution in [3.8, 4) is 5.75 Å². The van der Waals surface area contributed by atoms with Crippen LogP contribution >= 0.6 is 0 Å². The zero-order valence-corrected chi connectivity index (χ0v) is 19.3. The molecule has 3 rings (SSSR count). The van der Waals surface area contributed by atoms with Gasteiger partial charge in [0, 0.05) is 11.1 Å². The minimum atomic E-state index is -0.750. The van der Waals surface area contributed by atoms with Crippen LogP contribution in [0.3, 0.4) is 0 Å². The van der Waals surface area contributed by atoms with Gasteiger partial charge < -0.3 is 9.84 Å². The molecule has 0 bridgehead atoms. The highest BCUT2D eigenvalue weighted by molar-refractivity contribution is 6.17. The number of aliphatic hydroxyl groups is 1. The van der Waals surface area contributed by atoms with Crippen LogP contribution in [0.1, 0.15) is 58.7 Å². The summed E-state index contributed by atoms with van der Waals surface area (Å²) in [4.78, 5) is 28.0. The fourth-order valence-corrected chi connectivity index (χ4v) is 3.73. The molecule has 0 saturated heterocycles. The summed E-state index contributed by atoms with van der Waals surface area (Å²) in [5.41, 5.74) is 1.83. The molecule has 5 heteroatoms. The Morgan fingerprint density at radius 2 is 1.48 bits per heavy atom. The first-order chi connectivity index (χ1) is 14.4. The summed E-state index contributed by atoms with van der Waals surface area (Å²) >= 11 is 0. The lowest BCUT2D eigenvalue weighted by Crippen LogP contribution is -2.32. The topological polar surface area (TPSA) is 66.8 Å². The van der Waals surface area contributed by atoms with Crippen LogP contribution in [0, 0.1) is 5.41 Å². The van der Waals surface area contributed by atoms with Crippen molar-refractivity contribution in [1.29, 1.82) is 0 Å². The number of aliphatic hydroxyl groups excluding tert-OH is 1. The Morgan fingerprint density at radius 1 is 0.935 bits per heavy atom. The zero-order chi connectivity index (χ0) is 23.1. The lowest BCUT2D eigenvalue weighted by Gasteiger charge is -2.29. The van der Waals surface area contributed by atoms with Gasteiger partial charge in [-0.15, -0.1) is 0 Å². The van der Waals surface area contributed by atoms with Crippen LogP contribution in [0.25, 0.3) is 0 Å².